The van der Waals surface area contributed by atoms with Crippen LogP contribution in [0.4, 0.5) is 26.4 Å². The highest BCUT2D eigenvalue weighted by Gasteiger charge is 2.34. The number of piperazine rings is 1. The van der Waals surface area contributed by atoms with Crippen LogP contribution in [0.15, 0.2) is 66.7 Å². The number of hydrogen-bond donors (Lipinski definition) is 2. The molecule has 4 aromatic rings. The number of fused-ring (bicyclic) bond motifs is 1. The Labute approximate surface area is 277 Å². The van der Waals surface area contributed by atoms with Gasteiger partial charge in [0.1, 0.15) is 24.7 Å². The van der Waals surface area contributed by atoms with Gasteiger partial charge in [-0.2, -0.15) is 15.2 Å². The molecule has 1 aromatic heterocycles. The fourth-order valence-corrected chi connectivity index (χ4v) is 6.23. The number of carbonyl (C=O) groups excluding carboxylic acids is 2. The van der Waals surface area contributed by atoms with Crippen LogP contribution >= 0.6 is 0 Å². The van der Waals surface area contributed by atoms with Gasteiger partial charge in [0.2, 0.25) is 0 Å². The van der Waals surface area contributed by atoms with Crippen molar-refractivity contribution in [1.29, 1.82) is 5.26 Å². The lowest BCUT2D eigenvalue weighted by molar-refractivity contribution is 0.0768. The first-order valence-electron chi connectivity index (χ1n) is 15.9. The summed E-state index contributed by atoms with van der Waals surface area (Å²) >= 11 is 0. The molecule has 2 saturated heterocycles. The highest BCUT2D eigenvalue weighted by molar-refractivity contribution is 6.11. The summed E-state index contributed by atoms with van der Waals surface area (Å²) in [7, 11) is 2.03. The SMILES string of the molecule is CN1CCC[C@H]1COc1nc(C(=O)Nc2cccc3cccc(F)c23)c(N)c(N2CCN(C(=O)OCc3ccccc3)[C@@H](CC#N)C2)n1. The standard InChI is InChI=1S/C35H37FN8O4/c1-42-17-7-12-26(42)22-47-34-40-31(33(45)39-28-14-6-11-24-10-5-13-27(36)29(24)28)30(38)32(41-34)43-18-19-44(25(20-43)15-16-37)35(46)48-21-23-8-3-2-4-9-23/h2-6,8-11,13-14,25-26H,7,12,15,17-22,38H2,1H3,(H,39,45)/t25-,26-/m0/s1. The summed E-state index contributed by atoms with van der Waals surface area (Å²) in [6, 6.07) is 20.9. The Hall–Kier alpha value is -5.48. The number of anilines is 3. The summed E-state index contributed by atoms with van der Waals surface area (Å²) in [6.45, 7) is 2.10. The predicted octanol–water partition coefficient (Wildman–Crippen LogP) is 4.82. The van der Waals surface area contributed by atoms with E-state index >= 15 is 0 Å². The Morgan fingerprint density at radius 1 is 1.04 bits per heavy atom. The van der Waals surface area contributed by atoms with E-state index in [-0.39, 0.29) is 66.4 Å². The molecular formula is C35H37FN8O4. The molecule has 0 spiro atoms. The van der Waals surface area contributed by atoms with Gasteiger partial charge in [0, 0.05) is 31.1 Å². The van der Waals surface area contributed by atoms with Crippen molar-refractivity contribution in [1.82, 2.24) is 19.8 Å². The van der Waals surface area contributed by atoms with Crippen molar-refractivity contribution in [3.05, 3.63) is 83.8 Å². The van der Waals surface area contributed by atoms with Gasteiger partial charge in [0.15, 0.2) is 11.5 Å². The number of hydrogen-bond acceptors (Lipinski definition) is 10. The molecule has 13 heteroatoms. The van der Waals surface area contributed by atoms with Crippen LogP contribution in [0, 0.1) is 17.1 Å². The van der Waals surface area contributed by atoms with Crippen LogP contribution in [0.5, 0.6) is 6.01 Å². The number of rotatable bonds is 9. The average Bonchev–Trinajstić information content (AvgIpc) is 3.51. The van der Waals surface area contributed by atoms with Gasteiger partial charge in [-0.05, 0) is 49.5 Å². The van der Waals surface area contributed by atoms with Gasteiger partial charge >= 0.3 is 12.1 Å². The van der Waals surface area contributed by atoms with Crippen molar-refractivity contribution in [2.45, 2.75) is 38.0 Å². The number of nitriles is 1. The molecule has 2 aliphatic heterocycles. The van der Waals surface area contributed by atoms with Gasteiger partial charge in [0.25, 0.3) is 5.91 Å². The van der Waals surface area contributed by atoms with E-state index in [1.54, 1.807) is 30.3 Å². The van der Waals surface area contributed by atoms with Gasteiger partial charge in [0.05, 0.1) is 24.2 Å². The molecule has 0 radical (unpaired) electrons. The minimum atomic E-state index is -0.661. The van der Waals surface area contributed by atoms with Gasteiger partial charge in [-0.15, -0.1) is 0 Å². The lowest BCUT2D eigenvalue weighted by Gasteiger charge is -2.40. The third kappa shape index (κ3) is 7.08. The molecule has 0 bridgehead atoms. The van der Waals surface area contributed by atoms with Gasteiger partial charge in [-0.25, -0.2) is 9.18 Å². The number of amides is 2. The quantitative estimate of drug-likeness (QED) is 0.258. The summed E-state index contributed by atoms with van der Waals surface area (Å²) in [5, 5.41) is 13.3. The molecule has 3 N–H and O–H groups in total. The predicted molar refractivity (Wildman–Crippen MR) is 179 cm³/mol. The summed E-state index contributed by atoms with van der Waals surface area (Å²) in [5.74, 6) is -0.895. The van der Waals surface area contributed by atoms with Crippen LogP contribution in [0.2, 0.25) is 0 Å². The van der Waals surface area contributed by atoms with Crippen LogP contribution in [0.3, 0.4) is 0 Å². The zero-order chi connectivity index (χ0) is 33.6. The van der Waals surface area contributed by atoms with E-state index in [0.29, 0.717) is 18.5 Å². The molecule has 2 atom stereocenters. The monoisotopic (exact) mass is 652 g/mol. The van der Waals surface area contributed by atoms with E-state index < -0.39 is 23.9 Å². The molecule has 3 heterocycles. The fraction of sp³-hybridized carbons (Fsp3) is 0.343. The van der Waals surface area contributed by atoms with E-state index in [9.17, 15) is 19.2 Å². The topological polar surface area (TPSA) is 150 Å². The third-order valence-electron chi connectivity index (χ3n) is 8.85. The van der Waals surface area contributed by atoms with Crippen molar-refractivity contribution in [3.63, 3.8) is 0 Å². The number of ether oxygens (including phenoxy) is 2. The molecule has 0 aliphatic carbocycles. The average molecular weight is 653 g/mol. The molecule has 0 saturated carbocycles. The molecule has 3 aromatic carbocycles. The summed E-state index contributed by atoms with van der Waals surface area (Å²) < 4.78 is 26.5. The molecule has 2 aliphatic rings. The number of halogens is 1. The maximum absolute atomic E-state index is 14.9. The Balaban J connectivity index is 1.27. The van der Waals surface area contributed by atoms with Crippen molar-refractivity contribution < 1.29 is 23.5 Å². The summed E-state index contributed by atoms with van der Waals surface area (Å²) in [6.07, 6.45) is 1.52. The second-order valence-electron chi connectivity index (χ2n) is 12.0. The lowest BCUT2D eigenvalue weighted by Crippen LogP contribution is -2.55. The molecule has 48 heavy (non-hydrogen) atoms. The lowest BCUT2D eigenvalue weighted by atomic mass is 10.1. The van der Waals surface area contributed by atoms with Gasteiger partial charge in [-0.1, -0.05) is 54.6 Å². The first-order chi connectivity index (χ1) is 23.3. The Morgan fingerprint density at radius 2 is 1.83 bits per heavy atom. The number of nitrogens with zero attached hydrogens (tertiary/aromatic N) is 6. The number of likely N-dealkylation sites (N-methyl/N-ethyl adjacent to an activating group) is 1. The Morgan fingerprint density at radius 3 is 2.58 bits per heavy atom. The van der Waals surface area contributed by atoms with Gasteiger partial charge in [-0.3, -0.25) is 4.79 Å². The van der Waals surface area contributed by atoms with Crippen LogP contribution < -0.4 is 20.7 Å². The smallest absolute Gasteiger partial charge is 0.410 e. The number of aromatic nitrogens is 2. The number of benzene rings is 3. The number of nitrogens with two attached hydrogens (primary N) is 1. The van der Waals surface area contributed by atoms with E-state index in [0.717, 1.165) is 24.9 Å². The Kier molecular flexibility index (Phi) is 9.82. The molecule has 0 unspecified atom stereocenters. The second-order valence-corrected chi connectivity index (χ2v) is 12.0. The molecule has 2 fully saturated rings. The third-order valence-corrected chi connectivity index (χ3v) is 8.85. The molecular weight excluding hydrogens is 615 g/mol. The van der Waals surface area contributed by atoms with E-state index in [1.165, 1.54) is 11.0 Å². The van der Waals surface area contributed by atoms with Crippen LogP contribution in [-0.2, 0) is 11.3 Å². The maximum Gasteiger partial charge on any atom is 0.410 e. The largest absolute Gasteiger partial charge is 0.462 e. The van der Waals surface area contributed by atoms with Crippen molar-refractivity contribution >= 4 is 40.0 Å². The molecule has 6 rings (SSSR count). The van der Waals surface area contributed by atoms with E-state index in [4.69, 9.17) is 15.2 Å². The normalized spacial score (nSPS) is 18.0. The van der Waals surface area contributed by atoms with Crippen molar-refractivity contribution in [2.24, 2.45) is 0 Å². The zero-order valence-corrected chi connectivity index (χ0v) is 26.6. The summed E-state index contributed by atoms with van der Waals surface area (Å²) in [5.41, 5.74) is 7.59. The first-order valence-corrected chi connectivity index (χ1v) is 15.9. The fourth-order valence-electron chi connectivity index (χ4n) is 6.23. The number of carbonyl (C=O) groups is 2. The van der Waals surface area contributed by atoms with Gasteiger partial charge < -0.3 is 35.2 Å². The number of nitrogen functional groups attached to an aromatic ring is 1. The van der Waals surface area contributed by atoms with E-state index in [1.807, 2.05) is 42.3 Å². The maximum atomic E-state index is 14.9. The van der Waals surface area contributed by atoms with Crippen LogP contribution in [-0.4, -0.2) is 83.7 Å². The minimum absolute atomic E-state index is 0.00523. The van der Waals surface area contributed by atoms with Crippen molar-refractivity contribution in [2.75, 3.05) is 55.8 Å². The van der Waals surface area contributed by atoms with Crippen LogP contribution in [0.1, 0.15) is 35.3 Å². The molecule has 2 amide bonds. The highest BCUT2D eigenvalue weighted by Crippen LogP contribution is 2.32. The first kappa shape index (κ1) is 32.5. The number of likely N-dealkylation sites (tertiary alicyclic amines) is 1. The van der Waals surface area contributed by atoms with Crippen LogP contribution in [0.25, 0.3) is 10.8 Å². The van der Waals surface area contributed by atoms with Crippen molar-refractivity contribution in [3.8, 4) is 12.1 Å². The minimum Gasteiger partial charge on any atom is -0.462 e. The molecule has 248 valence electrons. The second kappa shape index (κ2) is 14.5. The van der Waals surface area contributed by atoms with E-state index in [2.05, 4.69) is 26.3 Å². The molecule has 12 nitrogen and oxygen atoms in total. The number of nitrogens with one attached hydrogen (secondary N) is 1. The Bertz CT molecular complexity index is 1830. The zero-order valence-electron chi connectivity index (χ0n) is 26.6. The summed E-state index contributed by atoms with van der Waals surface area (Å²) in [4.78, 5) is 41.5. The highest BCUT2D eigenvalue weighted by atomic mass is 19.1.